The quantitative estimate of drug-likeness (QED) is 0.669. The molecule has 2 nitrogen and oxygen atoms in total. The molecule has 1 N–H and O–H groups in total. The molecule has 0 aliphatic carbocycles. The minimum absolute atomic E-state index is 0.0750. The van der Waals surface area contributed by atoms with Crippen LogP contribution in [0.5, 0.6) is 5.75 Å². The third-order valence-corrected chi connectivity index (χ3v) is 2.95. The van der Waals surface area contributed by atoms with Crippen LogP contribution in [0.3, 0.4) is 0 Å². The lowest BCUT2D eigenvalue weighted by atomic mass is 9.97. The maximum absolute atomic E-state index is 6.03. The molecule has 1 saturated heterocycles. The van der Waals surface area contributed by atoms with Crippen LogP contribution < -0.4 is 10.1 Å². The van der Waals surface area contributed by atoms with E-state index >= 15 is 0 Å². The monoisotopic (exact) mass is 187 g/mol. The number of para-hydroxylation sites is 1. The van der Waals surface area contributed by atoms with Crippen LogP contribution in [0.2, 0.25) is 0 Å². The SMILES string of the molecule is C1=C[C@@]2(CCNC2)Oc2ccccc21. The van der Waals surface area contributed by atoms with Gasteiger partial charge in [-0.2, -0.15) is 0 Å². The Morgan fingerprint density at radius 3 is 3.07 bits per heavy atom. The Hall–Kier alpha value is -1.28. The summed E-state index contributed by atoms with van der Waals surface area (Å²) in [6.45, 7) is 1.98. The van der Waals surface area contributed by atoms with Crippen molar-refractivity contribution in [2.45, 2.75) is 12.0 Å². The largest absolute Gasteiger partial charge is 0.481 e. The first-order chi connectivity index (χ1) is 6.88. The summed E-state index contributed by atoms with van der Waals surface area (Å²) < 4.78 is 6.03. The van der Waals surface area contributed by atoms with E-state index in [1.807, 2.05) is 18.2 Å². The topological polar surface area (TPSA) is 21.3 Å². The van der Waals surface area contributed by atoms with Gasteiger partial charge >= 0.3 is 0 Å². The van der Waals surface area contributed by atoms with Crippen molar-refractivity contribution in [1.82, 2.24) is 5.32 Å². The number of hydrogen-bond acceptors (Lipinski definition) is 2. The molecule has 14 heavy (non-hydrogen) atoms. The highest BCUT2D eigenvalue weighted by molar-refractivity contribution is 5.61. The second-order valence-electron chi connectivity index (χ2n) is 3.96. The molecule has 0 saturated carbocycles. The van der Waals surface area contributed by atoms with Gasteiger partial charge in [-0.3, -0.25) is 0 Å². The minimum atomic E-state index is -0.0750. The molecule has 2 aliphatic rings. The van der Waals surface area contributed by atoms with E-state index in [0.717, 1.165) is 25.3 Å². The van der Waals surface area contributed by atoms with Crippen molar-refractivity contribution in [3.05, 3.63) is 35.9 Å². The summed E-state index contributed by atoms with van der Waals surface area (Å²) in [7, 11) is 0. The Bertz CT molecular complexity index is 378. The van der Waals surface area contributed by atoms with Gasteiger partial charge in [-0.15, -0.1) is 0 Å². The predicted molar refractivity (Wildman–Crippen MR) is 56.3 cm³/mol. The average molecular weight is 187 g/mol. The first kappa shape index (κ1) is 8.06. The van der Waals surface area contributed by atoms with Crippen LogP contribution in [0.4, 0.5) is 0 Å². The summed E-state index contributed by atoms with van der Waals surface area (Å²) in [5.74, 6) is 1.01. The van der Waals surface area contributed by atoms with Crippen molar-refractivity contribution in [3.63, 3.8) is 0 Å². The number of rotatable bonds is 0. The van der Waals surface area contributed by atoms with E-state index in [4.69, 9.17) is 4.74 Å². The highest BCUT2D eigenvalue weighted by Crippen LogP contribution is 2.33. The van der Waals surface area contributed by atoms with E-state index in [9.17, 15) is 0 Å². The number of benzene rings is 1. The van der Waals surface area contributed by atoms with Gasteiger partial charge in [0.25, 0.3) is 0 Å². The third-order valence-electron chi connectivity index (χ3n) is 2.95. The Balaban J connectivity index is 2.00. The van der Waals surface area contributed by atoms with Gasteiger partial charge in [0.05, 0.1) is 0 Å². The van der Waals surface area contributed by atoms with Crippen LogP contribution in [0.1, 0.15) is 12.0 Å². The highest BCUT2D eigenvalue weighted by atomic mass is 16.5. The standard InChI is InChI=1S/C12H13NO/c1-2-4-11-10(3-1)5-6-12(14-11)7-8-13-9-12/h1-6,13H,7-9H2/t12-/m0/s1. The van der Waals surface area contributed by atoms with E-state index in [-0.39, 0.29) is 5.60 Å². The lowest BCUT2D eigenvalue weighted by Gasteiger charge is -2.30. The Morgan fingerprint density at radius 2 is 2.21 bits per heavy atom. The fourth-order valence-corrected chi connectivity index (χ4v) is 2.12. The van der Waals surface area contributed by atoms with E-state index in [1.165, 1.54) is 5.56 Å². The van der Waals surface area contributed by atoms with Crippen LogP contribution in [0.15, 0.2) is 30.3 Å². The second-order valence-corrected chi connectivity index (χ2v) is 3.96. The molecule has 0 bridgehead atoms. The molecule has 0 radical (unpaired) electrons. The van der Waals surface area contributed by atoms with Crippen LogP contribution in [0.25, 0.3) is 6.08 Å². The molecule has 0 aromatic heterocycles. The van der Waals surface area contributed by atoms with Gasteiger partial charge in [0.1, 0.15) is 11.4 Å². The molecule has 1 fully saturated rings. The van der Waals surface area contributed by atoms with Gasteiger partial charge in [-0.05, 0) is 18.7 Å². The normalized spacial score (nSPS) is 28.9. The maximum atomic E-state index is 6.03. The summed E-state index contributed by atoms with van der Waals surface area (Å²) in [4.78, 5) is 0. The van der Waals surface area contributed by atoms with Gasteiger partial charge < -0.3 is 10.1 Å². The smallest absolute Gasteiger partial charge is 0.141 e. The first-order valence-corrected chi connectivity index (χ1v) is 5.06. The number of hydrogen-bond donors (Lipinski definition) is 1. The fraction of sp³-hybridized carbons (Fsp3) is 0.333. The summed E-state index contributed by atoms with van der Waals surface area (Å²) in [5, 5.41) is 3.34. The first-order valence-electron chi connectivity index (χ1n) is 5.06. The molecular weight excluding hydrogens is 174 g/mol. The minimum Gasteiger partial charge on any atom is -0.481 e. The van der Waals surface area contributed by atoms with Crippen molar-refractivity contribution in [1.29, 1.82) is 0 Å². The van der Waals surface area contributed by atoms with E-state index in [2.05, 4.69) is 23.5 Å². The molecule has 0 unspecified atom stereocenters. The molecule has 1 aromatic carbocycles. The Labute approximate surface area is 83.6 Å². The lowest BCUT2D eigenvalue weighted by molar-refractivity contribution is 0.139. The molecule has 1 atom stereocenters. The summed E-state index contributed by atoms with van der Waals surface area (Å²) in [6.07, 6.45) is 5.43. The zero-order chi connectivity index (χ0) is 9.43. The van der Waals surface area contributed by atoms with Crippen molar-refractivity contribution in [3.8, 4) is 5.75 Å². The van der Waals surface area contributed by atoms with Gasteiger partial charge in [0, 0.05) is 18.5 Å². The van der Waals surface area contributed by atoms with Crippen molar-refractivity contribution >= 4 is 6.08 Å². The summed E-state index contributed by atoms with van der Waals surface area (Å²) in [6, 6.07) is 8.19. The average Bonchev–Trinajstić information content (AvgIpc) is 2.66. The molecule has 3 rings (SSSR count). The van der Waals surface area contributed by atoms with Crippen molar-refractivity contribution in [2.75, 3.05) is 13.1 Å². The van der Waals surface area contributed by atoms with E-state index in [0.29, 0.717) is 0 Å². The number of ether oxygens (including phenoxy) is 1. The molecular formula is C12H13NO. The zero-order valence-electron chi connectivity index (χ0n) is 7.99. The highest BCUT2D eigenvalue weighted by Gasteiger charge is 2.35. The van der Waals surface area contributed by atoms with Crippen LogP contribution in [-0.4, -0.2) is 18.7 Å². The Morgan fingerprint density at radius 1 is 1.29 bits per heavy atom. The van der Waals surface area contributed by atoms with Gasteiger partial charge in [-0.25, -0.2) is 0 Å². The predicted octanol–water partition coefficient (Wildman–Crippen LogP) is 1.82. The van der Waals surface area contributed by atoms with Gasteiger partial charge in [0.15, 0.2) is 0 Å². The van der Waals surface area contributed by atoms with E-state index in [1.54, 1.807) is 0 Å². The number of fused-ring (bicyclic) bond motifs is 1. The van der Waals surface area contributed by atoms with E-state index < -0.39 is 0 Å². The second kappa shape index (κ2) is 2.85. The Kier molecular flexibility index (Phi) is 1.64. The van der Waals surface area contributed by atoms with Gasteiger partial charge in [0.2, 0.25) is 0 Å². The zero-order valence-corrected chi connectivity index (χ0v) is 7.99. The fourth-order valence-electron chi connectivity index (χ4n) is 2.12. The van der Waals surface area contributed by atoms with Crippen LogP contribution in [0, 0.1) is 0 Å². The van der Waals surface area contributed by atoms with Crippen molar-refractivity contribution < 1.29 is 4.74 Å². The summed E-state index contributed by atoms with van der Waals surface area (Å²) >= 11 is 0. The molecule has 1 aromatic rings. The van der Waals surface area contributed by atoms with Crippen molar-refractivity contribution in [2.24, 2.45) is 0 Å². The molecule has 1 spiro atoms. The summed E-state index contributed by atoms with van der Waals surface area (Å²) in [5.41, 5.74) is 1.11. The number of nitrogens with one attached hydrogen (secondary N) is 1. The molecule has 72 valence electrons. The molecule has 0 amide bonds. The maximum Gasteiger partial charge on any atom is 0.141 e. The third kappa shape index (κ3) is 1.15. The molecule has 2 heterocycles. The molecule has 2 aliphatic heterocycles. The van der Waals surface area contributed by atoms with Crippen LogP contribution >= 0.6 is 0 Å². The van der Waals surface area contributed by atoms with Gasteiger partial charge in [-0.1, -0.05) is 24.3 Å². The lowest BCUT2D eigenvalue weighted by Crippen LogP contribution is -2.37. The molecule has 2 heteroatoms. The van der Waals surface area contributed by atoms with Crippen LogP contribution in [-0.2, 0) is 0 Å².